The van der Waals surface area contributed by atoms with Gasteiger partial charge < -0.3 is 10.1 Å². The van der Waals surface area contributed by atoms with Crippen LogP contribution >= 0.6 is 0 Å². The Kier molecular flexibility index (Phi) is 3.75. The van der Waals surface area contributed by atoms with E-state index < -0.39 is 0 Å². The molecule has 2 aromatic carbocycles. The summed E-state index contributed by atoms with van der Waals surface area (Å²) in [5, 5.41) is 3.50. The molecule has 2 heteroatoms. The summed E-state index contributed by atoms with van der Waals surface area (Å²) in [6.45, 7) is 4.39. The van der Waals surface area contributed by atoms with E-state index in [2.05, 4.69) is 48.6 Å². The zero-order chi connectivity index (χ0) is 13.9. The van der Waals surface area contributed by atoms with E-state index in [1.165, 1.54) is 22.3 Å². The average molecular weight is 267 g/mol. The van der Waals surface area contributed by atoms with Crippen molar-refractivity contribution in [2.24, 2.45) is 0 Å². The number of rotatable bonds is 2. The second-order valence-electron chi connectivity index (χ2n) is 5.47. The molecule has 0 saturated heterocycles. The Bertz CT molecular complexity index is 592. The molecule has 0 unspecified atom stereocenters. The number of ether oxygens (including phenoxy) is 1. The van der Waals surface area contributed by atoms with E-state index in [0.717, 1.165) is 25.3 Å². The van der Waals surface area contributed by atoms with Gasteiger partial charge >= 0.3 is 0 Å². The van der Waals surface area contributed by atoms with Crippen molar-refractivity contribution in [2.45, 2.75) is 19.3 Å². The summed E-state index contributed by atoms with van der Waals surface area (Å²) in [5.74, 6) is 1.52. The molecule has 1 N–H and O–H groups in total. The molecule has 2 aromatic rings. The smallest absolute Gasteiger partial charge is 0.126 e. The van der Waals surface area contributed by atoms with E-state index in [4.69, 9.17) is 4.74 Å². The van der Waals surface area contributed by atoms with Crippen LogP contribution in [0.5, 0.6) is 5.75 Å². The van der Waals surface area contributed by atoms with Gasteiger partial charge in [0, 0.05) is 12.1 Å². The van der Waals surface area contributed by atoms with Gasteiger partial charge in [-0.05, 0) is 47.7 Å². The van der Waals surface area contributed by atoms with Crippen LogP contribution in [0.1, 0.15) is 24.0 Å². The lowest BCUT2D eigenvalue weighted by molar-refractivity contribution is 0.415. The van der Waals surface area contributed by atoms with Gasteiger partial charge in [-0.1, -0.05) is 37.3 Å². The third-order valence-corrected chi connectivity index (χ3v) is 4.10. The fourth-order valence-corrected chi connectivity index (χ4v) is 2.98. The van der Waals surface area contributed by atoms with Crippen molar-refractivity contribution in [3.63, 3.8) is 0 Å². The topological polar surface area (TPSA) is 21.3 Å². The molecule has 0 radical (unpaired) electrons. The normalized spacial score (nSPS) is 18.2. The fourth-order valence-electron chi connectivity index (χ4n) is 2.98. The second-order valence-corrected chi connectivity index (χ2v) is 5.47. The number of benzene rings is 2. The molecule has 1 aliphatic heterocycles. The molecule has 104 valence electrons. The Balaban J connectivity index is 2.15. The van der Waals surface area contributed by atoms with E-state index in [0.29, 0.717) is 5.92 Å². The molecule has 0 spiro atoms. The maximum absolute atomic E-state index is 5.62. The van der Waals surface area contributed by atoms with Crippen LogP contribution in [0.4, 0.5) is 0 Å². The number of fused-ring (bicyclic) bond motifs is 1. The zero-order valence-corrected chi connectivity index (χ0v) is 12.1. The Morgan fingerprint density at radius 1 is 1.15 bits per heavy atom. The lowest BCUT2D eigenvalue weighted by Gasteiger charge is -2.17. The first-order valence-electron chi connectivity index (χ1n) is 7.26. The highest BCUT2D eigenvalue weighted by Crippen LogP contribution is 2.36. The maximum Gasteiger partial charge on any atom is 0.126 e. The van der Waals surface area contributed by atoms with Gasteiger partial charge in [0.25, 0.3) is 0 Å². The van der Waals surface area contributed by atoms with Crippen molar-refractivity contribution in [3.8, 4) is 16.9 Å². The standard InChI is InChI=1S/C18H21NO/c1-13-12-19-9-8-15-10-18(20-2)17(11-16(13)15)14-6-4-3-5-7-14/h3-7,10-11,13,19H,8-9,12H2,1-2H3/t13-/m0/s1. The SMILES string of the molecule is COc1cc2c(cc1-c1ccccc1)[C@@H](C)CNCC2. The summed E-state index contributed by atoms with van der Waals surface area (Å²) in [6.07, 6.45) is 1.07. The monoisotopic (exact) mass is 267 g/mol. The molecule has 0 aromatic heterocycles. The predicted octanol–water partition coefficient (Wildman–Crippen LogP) is 3.61. The van der Waals surface area contributed by atoms with Crippen molar-refractivity contribution in [3.05, 3.63) is 53.6 Å². The van der Waals surface area contributed by atoms with Crippen molar-refractivity contribution >= 4 is 0 Å². The predicted molar refractivity (Wildman–Crippen MR) is 83.4 cm³/mol. The van der Waals surface area contributed by atoms with Crippen LogP contribution in [-0.4, -0.2) is 20.2 Å². The minimum atomic E-state index is 0.542. The molecular weight excluding hydrogens is 246 g/mol. The van der Waals surface area contributed by atoms with Gasteiger partial charge in [0.15, 0.2) is 0 Å². The van der Waals surface area contributed by atoms with Crippen LogP contribution < -0.4 is 10.1 Å². The first kappa shape index (κ1) is 13.2. The van der Waals surface area contributed by atoms with Crippen molar-refractivity contribution in [2.75, 3.05) is 20.2 Å². The molecule has 0 aliphatic carbocycles. The molecule has 0 saturated carbocycles. The first-order chi connectivity index (χ1) is 9.79. The first-order valence-corrected chi connectivity index (χ1v) is 7.26. The van der Waals surface area contributed by atoms with E-state index in [1.54, 1.807) is 7.11 Å². The summed E-state index contributed by atoms with van der Waals surface area (Å²) in [5.41, 5.74) is 5.28. The van der Waals surface area contributed by atoms with Crippen LogP contribution in [0.3, 0.4) is 0 Å². The van der Waals surface area contributed by atoms with Crippen LogP contribution in [0, 0.1) is 0 Å². The van der Waals surface area contributed by atoms with Crippen molar-refractivity contribution in [1.82, 2.24) is 5.32 Å². The zero-order valence-electron chi connectivity index (χ0n) is 12.1. The lowest BCUT2D eigenvalue weighted by Crippen LogP contribution is -2.18. The van der Waals surface area contributed by atoms with E-state index in [-0.39, 0.29) is 0 Å². The van der Waals surface area contributed by atoms with Gasteiger partial charge in [-0.15, -0.1) is 0 Å². The molecule has 20 heavy (non-hydrogen) atoms. The van der Waals surface area contributed by atoms with Crippen molar-refractivity contribution < 1.29 is 4.74 Å². The summed E-state index contributed by atoms with van der Waals surface area (Å²) < 4.78 is 5.62. The van der Waals surface area contributed by atoms with Crippen LogP contribution in [0.2, 0.25) is 0 Å². The third kappa shape index (κ3) is 2.44. The summed E-state index contributed by atoms with van der Waals surface area (Å²) >= 11 is 0. The Labute approximate surface area is 120 Å². The van der Waals surface area contributed by atoms with Gasteiger partial charge in [0.1, 0.15) is 5.75 Å². The lowest BCUT2D eigenvalue weighted by atomic mass is 9.91. The minimum absolute atomic E-state index is 0.542. The summed E-state index contributed by atoms with van der Waals surface area (Å²) in [7, 11) is 1.76. The van der Waals surface area contributed by atoms with E-state index >= 15 is 0 Å². The molecule has 0 fully saturated rings. The molecule has 1 heterocycles. The molecule has 0 bridgehead atoms. The average Bonchev–Trinajstić information content (AvgIpc) is 2.68. The maximum atomic E-state index is 5.62. The van der Waals surface area contributed by atoms with Gasteiger partial charge in [-0.2, -0.15) is 0 Å². The molecule has 3 rings (SSSR count). The number of methoxy groups -OCH3 is 1. The van der Waals surface area contributed by atoms with Crippen LogP contribution in [0.15, 0.2) is 42.5 Å². The highest BCUT2D eigenvalue weighted by molar-refractivity contribution is 5.72. The molecular formula is C18H21NO. The van der Waals surface area contributed by atoms with Gasteiger partial charge in [0.2, 0.25) is 0 Å². The Morgan fingerprint density at radius 2 is 1.95 bits per heavy atom. The van der Waals surface area contributed by atoms with Crippen molar-refractivity contribution in [1.29, 1.82) is 0 Å². The van der Waals surface area contributed by atoms with E-state index in [9.17, 15) is 0 Å². The van der Waals surface area contributed by atoms with Gasteiger partial charge in [-0.25, -0.2) is 0 Å². The Hall–Kier alpha value is -1.80. The van der Waals surface area contributed by atoms with Gasteiger partial charge in [0.05, 0.1) is 7.11 Å². The molecule has 2 nitrogen and oxygen atoms in total. The fraction of sp³-hybridized carbons (Fsp3) is 0.333. The molecule has 0 amide bonds. The Morgan fingerprint density at radius 3 is 2.70 bits per heavy atom. The van der Waals surface area contributed by atoms with Crippen LogP contribution in [-0.2, 0) is 6.42 Å². The highest BCUT2D eigenvalue weighted by Gasteiger charge is 2.18. The van der Waals surface area contributed by atoms with Crippen LogP contribution in [0.25, 0.3) is 11.1 Å². The summed E-state index contributed by atoms with van der Waals surface area (Å²) in [6, 6.07) is 15.0. The molecule has 1 atom stereocenters. The summed E-state index contributed by atoms with van der Waals surface area (Å²) in [4.78, 5) is 0. The number of hydrogen-bond acceptors (Lipinski definition) is 2. The highest BCUT2D eigenvalue weighted by atomic mass is 16.5. The van der Waals surface area contributed by atoms with E-state index in [1.807, 2.05) is 6.07 Å². The second kappa shape index (κ2) is 5.68. The third-order valence-electron chi connectivity index (χ3n) is 4.10. The molecule has 1 aliphatic rings. The number of nitrogens with one attached hydrogen (secondary N) is 1. The quantitative estimate of drug-likeness (QED) is 0.897. The minimum Gasteiger partial charge on any atom is -0.496 e. The number of hydrogen-bond donors (Lipinski definition) is 1. The van der Waals surface area contributed by atoms with Gasteiger partial charge in [-0.3, -0.25) is 0 Å². The largest absolute Gasteiger partial charge is 0.496 e.